The van der Waals surface area contributed by atoms with Crippen molar-refractivity contribution in [1.29, 1.82) is 0 Å². The van der Waals surface area contributed by atoms with Gasteiger partial charge in [-0.2, -0.15) is 0 Å². The fraction of sp³-hybridized carbons (Fsp3) is 0.407. The number of nitrogens with one attached hydrogen (secondary N) is 1. The highest BCUT2D eigenvalue weighted by Gasteiger charge is 2.38. The van der Waals surface area contributed by atoms with E-state index in [0.29, 0.717) is 37.1 Å². The molecule has 0 radical (unpaired) electrons. The van der Waals surface area contributed by atoms with Gasteiger partial charge in [-0.15, -0.1) is 0 Å². The van der Waals surface area contributed by atoms with E-state index >= 15 is 0 Å². The number of aromatic amines is 1. The van der Waals surface area contributed by atoms with E-state index in [2.05, 4.69) is 17.2 Å². The number of fused-ring (bicyclic) bond motifs is 1. The van der Waals surface area contributed by atoms with E-state index in [9.17, 15) is 9.59 Å². The summed E-state index contributed by atoms with van der Waals surface area (Å²) in [5, 5.41) is 1.18. The summed E-state index contributed by atoms with van der Waals surface area (Å²) in [5.74, 6) is 2.09. The van der Waals surface area contributed by atoms with Gasteiger partial charge in [0.25, 0.3) is 0 Å². The molecule has 184 valence electrons. The molecule has 1 aromatic heterocycles. The highest BCUT2D eigenvalue weighted by Crippen LogP contribution is 2.37. The first-order valence-corrected chi connectivity index (χ1v) is 12.0. The van der Waals surface area contributed by atoms with Crippen molar-refractivity contribution >= 4 is 28.4 Å². The first-order chi connectivity index (χ1) is 17.0. The number of ether oxygens (including phenoxy) is 3. The number of amides is 2. The van der Waals surface area contributed by atoms with Gasteiger partial charge in [0.05, 0.1) is 27.2 Å². The summed E-state index contributed by atoms with van der Waals surface area (Å²) >= 11 is 0. The second-order valence-corrected chi connectivity index (χ2v) is 9.20. The molecule has 0 saturated carbocycles. The lowest BCUT2D eigenvalue weighted by Gasteiger charge is -2.33. The SMILES string of the molecule is COc1ccc2[nH]cc(C3CCN(C(=O)C4CC(=O)N(c5ccc(OC)c(OC)c5)C4)CC3)c2c1. The zero-order valence-corrected chi connectivity index (χ0v) is 20.4. The fourth-order valence-corrected chi connectivity index (χ4v) is 5.37. The van der Waals surface area contributed by atoms with Gasteiger partial charge in [0.1, 0.15) is 5.75 Å². The molecule has 8 nitrogen and oxygen atoms in total. The number of hydrogen-bond donors (Lipinski definition) is 1. The number of anilines is 1. The number of benzene rings is 2. The van der Waals surface area contributed by atoms with Gasteiger partial charge >= 0.3 is 0 Å². The minimum Gasteiger partial charge on any atom is -0.497 e. The van der Waals surface area contributed by atoms with Gasteiger partial charge in [0.15, 0.2) is 11.5 Å². The highest BCUT2D eigenvalue weighted by atomic mass is 16.5. The maximum absolute atomic E-state index is 13.3. The van der Waals surface area contributed by atoms with E-state index < -0.39 is 0 Å². The maximum Gasteiger partial charge on any atom is 0.228 e. The molecule has 5 rings (SSSR count). The number of hydrogen-bond acceptors (Lipinski definition) is 5. The van der Waals surface area contributed by atoms with Crippen LogP contribution in [0.2, 0.25) is 0 Å². The Balaban J connectivity index is 1.24. The van der Waals surface area contributed by atoms with E-state index in [0.717, 1.165) is 29.8 Å². The van der Waals surface area contributed by atoms with Gasteiger partial charge in [-0.3, -0.25) is 9.59 Å². The molecule has 1 unspecified atom stereocenters. The molecule has 2 fully saturated rings. The lowest BCUT2D eigenvalue weighted by molar-refractivity contribution is -0.136. The number of likely N-dealkylation sites (tertiary alicyclic amines) is 1. The molecule has 1 atom stereocenters. The van der Waals surface area contributed by atoms with Crippen LogP contribution >= 0.6 is 0 Å². The van der Waals surface area contributed by atoms with Gasteiger partial charge in [0.2, 0.25) is 11.8 Å². The Morgan fingerprint density at radius 2 is 1.74 bits per heavy atom. The third-order valence-electron chi connectivity index (χ3n) is 7.32. The van der Waals surface area contributed by atoms with Crippen LogP contribution in [0.3, 0.4) is 0 Å². The smallest absolute Gasteiger partial charge is 0.228 e. The molecule has 2 aliphatic heterocycles. The van der Waals surface area contributed by atoms with Crippen LogP contribution in [-0.4, -0.2) is 62.7 Å². The van der Waals surface area contributed by atoms with Crippen molar-refractivity contribution in [2.24, 2.45) is 5.92 Å². The molecule has 2 saturated heterocycles. The zero-order valence-electron chi connectivity index (χ0n) is 20.4. The zero-order chi connectivity index (χ0) is 24.5. The van der Waals surface area contributed by atoms with Gasteiger partial charge in [-0.1, -0.05) is 0 Å². The number of carbonyl (C=O) groups excluding carboxylic acids is 2. The lowest BCUT2D eigenvalue weighted by Crippen LogP contribution is -2.42. The molecular formula is C27H31N3O5. The summed E-state index contributed by atoms with van der Waals surface area (Å²) in [5.41, 5.74) is 3.09. The summed E-state index contributed by atoms with van der Waals surface area (Å²) in [6.45, 7) is 1.78. The van der Waals surface area contributed by atoms with Crippen molar-refractivity contribution in [3.05, 3.63) is 48.2 Å². The van der Waals surface area contributed by atoms with Crippen LogP contribution in [0.15, 0.2) is 42.6 Å². The number of nitrogens with zero attached hydrogens (tertiary/aromatic N) is 2. The minimum atomic E-state index is -0.329. The van der Waals surface area contributed by atoms with Crippen molar-refractivity contribution in [2.75, 3.05) is 45.9 Å². The van der Waals surface area contributed by atoms with Gasteiger partial charge in [0, 0.05) is 54.9 Å². The first-order valence-electron chi connectivity index (χ1n) is 12.0. The van der Waals surface area contributed by atoms with Crippen molar-refractivity contribution in [1.82, 2.24) is 9.88 Å². The van der Waals surface area contributed by atoms with Crippen molar-refractivity contribution in [3.8, 4) is 17.2 Å². The Labute approximate surface area is 204 Å². The van der Waals surface area contributed by atoms with E-state index in [1.54, 1.807) is 38.4 Å². The van der Waals surface area contributed by atoms with Crippen LogP contribution in [0.1, 0.15) is 30.7 Å². The normalized spacial score (nSPS) is 18.8. The summed E-state index contributed by atoms with van der Waals surface area (Å²) in [6, 6.07) is 11.5. The minimum absolute atomic E-state index is 0.0433. The Morgan fingerprint density at radius 3 is 2.46 bits per heavy atom. The van der Waals surface area contributed by atoms with Crippen LogP contribution in [0.25, 0.3) is 10.9 Å². The molecule has 35 heavy (non-hydrogen) atoms. The van der Waals surface area contributed by atoms with Crippen LogP contribution in [0.5, 0.6) is 17.2 Å². The summed E-state index contributed by atoms with van der Waals surface area (Å²) < 4.78 is 16.1. The average Bonchev–Trinajstić information content (AvgIpc) is 3.51. The number of rotatable bonds is 6. The van der Waals surface area contributed by atoms with Crippen LogP contribution in [0, 0.1) is 5.92 Å². The molecule has 2 aromatic carbocycles. The largest absolute Gasteiger partial charge is 0.497 e. The molecule has 0 spiro atoms. The Morgan fingerprint density at radius 1 is 0.971 bits per heavy atom. The predicted octanol–water partition coefficient (Wildman–Crippen LogP) is 3.95. The second kappa shape index (κ2) is 9.52. The first kappa shape index (κ1) is 23.1. The molecule has 3 heterocycles. The topological polar surface area (TPSA) is 84.1 Å². The molecule has 8 heteroatoms. The van der Waals surface area contributed by atoms with Crippen LogP contribution in [0.4, 0.5) is 5.69 Å². The average molecular weight is 478 g/mol. The number of piperidine rings is 1. The van der Waals surface area contributed by atoms with Crippen LogP contribution in [-0.2, 0) is 9.59 Å². The molecule has 0 bridgehead atoms. The van der Waals surface area contributed by atoms with Crippen molar-refractivity contribution in [2.45, 2.75) is 25.2 Å². The van der Waals surface area contributed by atoms with E-state index in [4.69, 9.17) is 14.2 Å². The molecule has 3 aromatic rings. The van der Waals surface area contributed by atoms with E-state index in [1.165, 1.54) is 10.9 Å². The fourth-order valence-electron chi connectivity index (χ4n) is 5.37. The number of H-pyrrole nitrogens is 1. The number of carbonyl (C=O) groups is 2. The third-order valence-corrected chi connectivity index (χ3v) is 7.32. The van der Waals surface area contributed by atoms with Crippen LogP contribution < -0.4 is 19.1 Å². The number of aromatic nitrogens is 1. The van der Waals surface area contributed by atoms with Crippen molar-refractivity contribution < 1.29 is 23.8 Å². The lowest BCUT2D eigenvalue weighted by atomic mass is 9.88. The van der Waals surface area contributed by atoms with E-state index in [1.807, 2.05) is 23.1 Å². The van der Waals surface area contributed by atoms with E-state index in [-0.39, 0.29) is 24.2 Å². The molecule has 2 amide bonds. The summed E-state index contributed by atoms with van der Waals surface area (Å²) in [7, 11) is 4.82. The van der Waals surface area contributed by atoms with Crippen molar-refractivity contribution in [3.63, 3.8) is 0 Å². The third kappa shape index (κ3) is 4.29. The molecule has 1 N–H and O–H groups in total. The standard InChI is InChI=1S/C27H31N3O5/c1-33-20-5-6-23-21(14-20)22(15-28-23)17-8-10-29(11-9-17)27(32)18-12-26(31)30(16-18)19-4-7-24(34-2)25(13-19)35-3/h4-7,13-15,17-18,28H,8-12,16H2,1-3H3. The molecular weight excluding hydrogens is 446 g/mol. The molecule has 0 aliphatic carbocycles. The second-order valence-electron chi connectivity index (χ2n) is 9.20. The Bertz CT molecular complexity index is 1240. The predicted molar refractivity (Wildman–Crippen MR) is 133 cm³/mol. The quantitative estimate of drug-likeness (QED) is 0.581. The Hall–Kier alpha value is -3.68. The number of methoxy groups -OCH3 is 3. The monoisotopic (exact) mass is 477 g/mol. The Kier molecular flexibility index (Phi) is 6.28. The maximum atomic E-state index is 13.3. The highest BCUT2D eigenvalue weighted by molar-refractivity contribution is 6.00. The molecule has 2 aliphatic rings. The summed E-state index contributed by atoms with van der Waals surface area (Å²) in [4.78, 5) is 33.1. The van der Waals surface area contributed by atoms with Gasteiger partial charge < -0.3 is 29.0 Å². The van der Waals surface area contributed by atoms with Gasteiger partial charge in [-0.05, 0) is 54.7 Å². The van der Waals surface area contributed by atoms with Gasteiger partial charge in [-0.25, -0.2) is 0 Å². The summed E-state index contributed by atoms with van der Waals surface area (Å²) in [6.07, 6.45) is 4.12.